The van der Waals surface area contributed by atoms with Gasteiger partial charge in [0.2, 0.25) is 0 Å². The van der Waals surface area contributed by atoms with E-state index in [4.69, 9.17) is 10.5 Å². The number of aromatic nitrogens is 2. The largest absolute Gasteiger partial charge is 0.464 e. The molecule has 5 nitrogen and oxygen atoms in total. The SMILES string of the molecule is CC(=O)OCCn1ccnc1CSc1ccc(N)cc1. The molecule has 6 heteroatoms. The molecule has 1 aromatic carbocycles. The summed E-state index contributed by atoms with van der Waals surface area (Å²) >= 11 is 1.69. The average molecular weight is 291 g/mol. The van der Waals surface area contributed by atoms with Gasteiger partial charge in [-0.15, -0.1) is 11.8 Å². The predicted molar refractivity (Wildman–Crippen MR) is 79.3 cm³/mol. The van der Waals surface area contributed by atoms with Crippen molar-refractivity contribution in [3.63, 3.8) is 0 Å². The molecule has 0 amide bonds. The maximum Gasteiger partial charge on any atom is 0.302 e. The molecule has 0 bridgehead atoms. The minimum Gasteiger partial charge on any atom is -0.464 e. The van der Waals surface area contributed by atoms with E-state index in [0.29, 0.717) is 13.2 Å². The Morgan fingerprint density at radius 2 is 2.15 bits per heavy atom. The molecule has 1 aromatic heterocycles. The zero-order valence-corrected chi connectivity index (χ0v) is 12.1. The molecule has 2 aromatic rings. The van der Waals surface area contributed by atoms with Gasteiger partial charge < -0.3 is 15.0 Å². The van der Waals surface area contributed by atoms with Gasteiger partial charge >= 0.3 is 5.97 Å². The summed E-state index contributed by atoms with van der Waals surface area (Å²) in [6.45, 7) is 2.40. The summed E-state index contributed by atoms with van der Waals surface area (Å²) in [5, 5.41) is 0. The molecule has 1 heterocycles. The second-order valence-electron chi connectivity index (χ2n) is 4.23. The zero-order chi connectivity index (χ0) is 14.4. The van der Waals surface area contributed by atoms with Crippen LogP contribution in [0.5, 0.6) is 0 Å². The molecule has 0 unspecified atom stereocenters. The normalized spacial score (nSPS) is 10.4. The Hall–Kier alpha value is -1.95. The van der Waals surface area contributed by atoms with Crippen molar-refractivity contribution in [1.82, 2.24) is 9.55 Å². The van der Waals surface area contributed by atoms with E-state index >= 15 is 0 Å². The lowest BCUT2D eigenvalue weighted by Gasteiger charge is -2.08. The Balaban J connectivity index is 1.88. The molecule has 20 heavy (non-hydrogen) atoms. The molecular weight excluding hydrogens is 274 g/mol. The number of rotatable bonds is 6. The molecule has 0 saturated heterocycles. The molecule has 2 N–H and O–H groups in total. The van der Waals surface area contributed by atoms with Gasteiger partial charge in [-0.1, -0.05) is 0 Å². The Kier molecular flexibility index (Phi) is 5.06. The topological polar surface area (TPSA) is 70.1 Å². The third kappa shape index (κ3) is 4.31. The van der Waals surface area contributed by atoms with Crippen LogP contribution in [0.1, 0.15) is 12.7 Å². The summed E-state index contributed by atoms with van der Waals surface area (Å²) in [6, 6.07) is 7.75. The van der Waals surface area contributed by atoms with Gasteiger partial charge in [0.25, 0.3) is 0 Å². The summed E-state index contributed by atoms with van der Waals surface area (Å²) in [6.07, 6.45) is 3.65. The molecule has 0 aliphatic rings. The third-order valence-corrected chi connectivity index (χ3v) is 3.70. The number of nitrogen functional groups attached to an aromatic ring is 1. The Labute approximate surface area is 122 Å². The number of benzene rings is 1. The number of hydrogen-bond acceptors (Lipinski definition) is 5. The molecule has 0 spiro atoms. The van der Waals surface area contributed by atoms with E-state index in [2.05, 4.69) is 4.98 Å². The van der Waals surface area contributed by atoms with Gasteiger partial charge in [0, 0.05) is 29.9 Å². The molecule has 0 aliphatic heterocycles. The van der Waals surface area contributed by atoms with E-state index in [1.807, 2.05) is 35.0 Å². The average Bonchev–Trinajstić information content (AvgIpc) is 2.85. The number of esters is 1. The third-order valence-electron chi connectivity index (χ3n) is 2.69. The van der Waals surface area contributed by atoms with Crippen molar-refractivity contribution >= 4 is 23.4 Å². The first-order valence-corrected chi connectivity index (χ1v) is 7.25. The van der Waals surface area contributed by atoms with Gasteiger partial charge in [-0.2, -0.15) is 0 Å². The summed E-state index contributed by atoms with van der Waals surface area (Å²) < 4.78 is 6.93. The van der Waals surface area contributed by atoms with Crippen LogP contribution in [0, 0.1) is 0 Å². The van der Waals surface area contributed by atoms with E-state index in [9.17, 15) is 4.79 Å². The minimum atomic E-state index is -0.261. The first-order chi connectivity index (χ1) is 9.65. The van der Waals surface area contributed by atoms with Crippen LogP contribution >= 0.6 is 11.8 Å². The molecule has 106 valence electrons. The van der Waals surface area contributed by atoms with Crippen molar-refractivity contribution in [2.24, 2.45) is 0 Å². The first-order valence-electron chi connectivity index (χ1n) is 6.27. The zero-order valence-electron chi connectivity index (χ0n) is 11.3. The first kappa shape index (κ1) is 14.5. The van der Waals surface area contributed by atoms with E-state index in [1.165, 1.54) is 6.92 Å². The lowest BCUT2D eigenvalue weighted by Crippen LogP contribution is -2.10. The second kappa shape index (κ2) is 7.00. The Morgan fingerprint density at radius 3 is 2.85 bits per heavy atom. The van der Waals surface area contributed by atoms with Crippen LogP contribution in [0.2, 0.25) is 0 Å². The molecule has 0 radical (unpaired) electrons. The number of ether oxygens (including phenoxy) is 1. The fraction of sp³-hybridized carbons (Fsp3) is 0.286. The molecule has 2 rings (SSSR count). The van der Waals surface area contributed by atoms with E-state index in [1.54, 1.807) is 18.0 Å². The number of nitrogens with two attached hydrogens (primary N) is 1. The molecule has 0 saturated carbocycles. The number of anilines is 1. The van der Waals surface area contributed by atoms with Gasteiger partial charge in [-0.05, 0) is 24.3 Å². The minimum absolute atomic E-state index is 0.261. The number of carbonyl (C=O) groups is 1. The van der Waals surface area contributed by atoms with E-state index < -0.39 is 0 Å². The monoisotopic (exact) mass is 291 g/mol. The van der Waals surface area contributed by atoms with Crippen molar-refractivity contribution in [3.8, 4) is 0 Å². The van der Waals surface area contributed by atoms with Crippen LogP contribution in [-0.4, -0.2) is 22.1 Å². The van der Waals surface area contributed by atoms with Crippen LogP contribution in [0.25, 0.3) is 0 Å². The number of imidazole rings is 1. The van der Waals surface area contributed by atoms with Crippen LogP contribution < -0.4 is 5.73 Å². The summed E-state index contributed by atoms with van der Waals surface area (Å²) in [5.41, 5.74) is 6.41. The highest BCUT2D eigenvalue weighted by Crippen LogP contribution is 2.22. The number of hydrogen-bond donors (Lipinski definition) is 1. The van der Waals surface area contributed by atoms with Crippen molar-refractivity contribution < 1.29 is 9.53 Å². The standard InChI is InChI=1S/C14H17N3O2S/c1-11(18)19-9-8-17-7-6-16-14(17)10-20-13-4-2-12(15)3-5-13/h2-7H,8-10,15H2,1H3. The quantitative estimate of drug-likeness (QED) is 0.502. The fourth-order valence-corrected chi connectivity index (χ4v) is 2.55. The smallest absolute Gasteiger partial charge is 0.302 e. The lowest BCUT2D eigenvalue weighted by molar-refractivity contribution is -0.141. The summed E-state index contributed by atoms with van der Waals surface area (Å²) in [7, 11) is 0. The highest BCUT2D eigenvalue weighted by molar-refractivity contribution is 7.98. The number of nitrogens with zero attached hydrogens (tertiary/aromatic N) is 2. The molecule has 0 aliphatic carbocycles. The Morgan fingerprint density at radius 1 is 1.40 bits per heavy atom. The van der Waals surface area contributed by atoms with Crippen molar-refractivity contribution in [3.05, 3.63) is 42.5 Å². The van der Waals surface area contributed by atoms with Gasteiger partial charge in [0.15, 0.2) is 0 Å². The van der Waals surface area contributed by atoms with Gasteiger partial charge in [0.1, 0.15) is 12.4 Å². The van der Waals surface area contributed by atoms with Crippen LogP contribution in [-0.2, 0) is 21.8 Å². The molecule has 0 fully saturated rings. The predicted octanol–water partition coefficient (Wildman–Crippen LogP) is 2.32. The lowest BCUT2D eigenvalue weighted by atomic mass is 10.3. The van der Waals surface area contributed by atoms with Crippen LogP contribution in [0.3, 0.4) is 0 Å². The summed E-state index contributed by atoms with van der Waals surface area (Å²) in [5.74, 6) is 1.46. The van der Waals surface area contributed by atoms with Crippen molar-refractivity contribution in [2.75, 3.05) is 12.3 Å². The van der Waals surface area contributed by atoms with Gasteiger partial charge in [-0.25, -0.2) is 4.98 Å². The van der Waals surface area contributed by atoms with E-state index in [0.717, 1.165) is 22.2 Å². The highest BCUT2D eigenvalue weighted by atomic mass is 32.2. The maximum absolute atomic E-state index is 10.7. The maximum atomic E-state index is 10.7. The molecular formula is C14H17N3O2S. The number of thioether (sulfide) groups is 1. The van der Waals surface area contributed by atoms with E-state index in [-0.39, 0.29) is 5.97 Å². The van der Waals surface area contributed by atoms with Crippen LogP contribution in [0.4, 0.5) is 5.69 Å². The second-order valence-corrected chi connectivity index (χ2v) is 5.28. The van der Waals surface area contributed by atoms with Gasteiger partial charge in [0.05, 0.1) is 12.3 Å². The Bertz CT molecular complexity index is 566. The van der Waals surface area contributed by atoms with Crippen molar-refractivity contribution in [2.45, 2.75) is 24.1 Å². The molecule has 0 atom stereocenters. The highest BCUT2D eigenvalue weighted by Gasteiger charge is 2.04. The van der Waals surface area contributed by atoms with Gasteiger partial charge in [-0.3, -0.25) is 4.79 Å². The van der Waals surface area contributed by atoms with Crippen molar-refractivity contribution in [1.29, 1.82) is 0 Å². The van der Waals surface area contributed by atoms with Crippen LogP contribution in [0.15, 0.2) is 41.6 Å². The fourth-order valence-electron chi connectivity index (χ4n) is 1.68. The summed E-state index contributed by atoms with van der Waals surface area (Å²) in [4.78, 5) is 16.2. The number of carbonyl (C=O) groups excluding carboxylic acids is 1.